The lowest BCUT2D eigenvalue weighted by atomic mass is 10.0. The molecule has 0 aromatic carbocycles. The molecule has 0 aliphatic rings. The van der Waals surface area contributed by atoms with Crippen LogP contribution in [0.25, 0.3) is 0 Å². The number of hydrogen-bond acceptors (Lipinski definition) is 6. The highest BCUT2D eigenvalue weighted by atomic mass is 16.6. The van der Waals surface area contributed by atoms with E-state index in [9.17, 15) is 14.4 Å². The van der Waals surface area contributed by atoms with Gasteiger partial charge in [-0.25, -0.2) is 0 Å². The minimum atomic E-state index is -0.771. The molecule has 0 heterocycles. The summed E-state index contributed by atoms with van der Waals surface area (Å²) in [4.78, 5) is 38.1. The van der Waals surface area contributed by atoms with Gasteiger partial charge in [0.1, 0.15) is 13.2 Å². The van der Waals surface area contributed by atoms with Gasteiger partial charge in [-0.1, -0.05) is 251 Å². The molecular weight excluding hydrogens is 805 g/mol. The summed E-state index contributed by atoms with van der Waals surface area (Å²) in [5.74, 6) is -0.860. The highest BCUT2D eigenvalue weighted by molar-refractivity contribution is 5.71. The Morgan fingerprint density at radius 3 is 0.785 bits per heavy atom. The Labute approximate surface area is 404 Å². The Kier molecular flexibility index (Phi) is 52.7. The molecule has 0 aromatic rings. The molecule has 0 saturated carbocycles. The van der Waals surface area contributed by atoms with Gasteiger partial charge in [0.15, 0.2) is 6.10 Å². The molecule has 0 amide bonds. The first-order valence-corrected chi connectivity index (χ1v) is 28.8. The van der Waals surface area contributed by atoms with Crippen LogP contribution in [0, 0.1) is 0 Å². The summed E-state index contributed by atoms with van der Waals surface area (Å²) >= 11 is 0. The van der Waals surface area contributed by atoms with Gasteiger partial charge in [-0.3, -0.25) is 14.4 Å². The van der Waals surface area contributed by atoms with Crippen LogP contribution < -0.4 is 0 Å². The van der Waals surface area contributed by atoms with Crippen molar-refractivity contribution in [3.8, 4) is 0 Å². The van der Waals surface area contributed by atoms with Crippen molar-refractivity contribution in [1.82, 2.24) is 0 Å². The molecule has 0 aliphatic carbocycles. The first-order valence-electron chi connectivity index (χ1n) is 28.8. The van der Waals surface area contributed by atoms with Crippen LogP contribution in [-0.2, 0) is 28.6 Å². The largest absolute Gasteiger partial charge is 0.462 e. The van der Waals surface area contributed by atoms with Crippen molar-refractivity contribution in [1.29, 1.82) is 0 Å². The van der Waals surface area contributed by atoms with Crippen LogP contribution in [0.1, 0.15) is 316 Å². The van der Waals surface area contributed by atoms with Gasteiger partial charge < -0.3 is 14.2 Å². The highest BCUT2D eigenvalue weighted by Gasteiger charge is 2.19. The fourth-order valence-corrected chi connectivity index (χ4v) is 8.55. The van der Waals surface area contributed by atoms with E-state index in [-0.39, 0.29) is 31.1 Å². The Morgan fingerprint density at radius 2 is 0.508 bits per heavy atom. The molecule has 0 fully saturated rings. The minimum Gasteiger partial charge on any atom is -0.462 e. The van der Waals surface area contributed by atoms with Gasteiger partial charge in [0.05, 0.1) is 0 Å². The summed E-state index contributed by atoms with van der Waals surface area (Å²) in [6.07, 6.45) is 63.1. The SMILES string of the molecule is CCCCCC/C=C\CCCCCCCCCC(=O)OC(COC(=O)CCCCCCCCC/C=C\CCCCCCCCCC)COC(=O)CCCCCCCCCCCCCCC. The highest BCUT2D eigenvalue weighted by Crippen LogP contribution is 2.16. The number of allylic oxidation sites excluding steroid dienone is 4. The Hall–Kier alpha value is -2.11. The molecule has 65 heavy (non-hydrogen) atoms. The second kappa shape index (κ2) is 54.5. The fourth-order valence-electron chi connectivity index (χ4n) is 8.55. The van der Waals surface area contributed by atoms with E-state index in [4.69, 9.17) is 14.2 Å². The molecule has 1 unspecified atom stereocenters. The zero-order valence-corrected chi connectivity index (χ0v) is 43.8. The van der Waals surface area contributed by atoms with Gasteiger partial charge in [-0.2, -0.15) is 0 Å². The third kappa shape index (κ3) is 52.7. The summed E-state index contributed by atoms with van der Waals surface area (Å²) in [5, 5.41) is 0. The second-order valence-corrected chi connectivity index (χ2v) is 19.6. The summed E-state index contributed by atoms with van der Waals surface area (Å²) in [5.41, 5.74) is 0. The number of esters is 3. The third-order valence-electron chi connectivity index (χ3n) is 12.9. The Bertz CT molecular complexity index is 1050. The zero-order valence-electron chi connectivity index (χ0n) is 43.8. The average molecular weight is 916 g/mol. The lowest BCUT2D eigenvalue weighted by Crippen LogP contribution is -2.30. The Morgan fingerprint density at radius 1 is 0.292 bits per heavy atom. The van der Waals surface area contributed by atoms with Gasteiger partial charge in [0, 0.05) is 19.3 Å². The van der Waals surface area contributed by atoms with E-state index >= 15 is 0 Å². The second-order valence-electron chi connectivity index (χ2n) is 19.6. The molecule has 0 bridgehead atoms. The molecule has 0 aromatic heterocycles. The number of hydrogen-bond donors (Lipinski definition) is 0. The molecule has 6 nitrogen and oxygen atoms in total. The summed E-state index contributed by atoms with van der Waals surface area (Å²) in [6.45, 7) is 6.66. The zero-order chi connectivity index (χ0) is 47.2. The number of carbonyl (C=O) groups excluding carboxylic acids is 3. The van der Waals surface area contributed by atoms with Crippen LogP contribution in [0.2, 0.25) is 0 Å². The molecule has 0 N–H and O–H groups in total. The van der Waals surface area contributed by atoms with Crippen molar-refractivity contribution in [2.75, 3.05) is 13.2 Å². The van der Waals surface area contributed by atoms with Crippen molar-refractivity contribution in [2.45, 2.75) is 322 Å². The summed E-state index contributed by atoms with van der Waals surface area (Å²) in [7, 11) is 0. The van der Waals surface area contributed by atoms with E-state index in [0.29, 0.717) is 19.3 Å². The van der Waals surface area contributed by atoms with Crippen LogP contribution in [0.3, 0.4) is 0 Å². The van der Waals surface area contributed by atoms with E-state index in [1.54, 1.807) is 0 Å². The lowest BCUT2D eigenvalue weighted by Gasteiger charge is -2.18. The molecule has 0 rings (SSSR count). The summed E-state index contributed by atoms with van der Waals surface area (Å²) in [6, 6.07) is 0. The minimum absolute atomic E-state index is 0.0701. The van der Waals surface area contributed by atoms with Crippen molar-refractivity contribution in [2.24, 2.45) is 0 Å². The molecule has 382 valence electrons. The quantitative estimate of drug-likeness (QED) is 0.0262. The fraction of sp³-hybridized carbons (Fsp3) is 0.881. The maximum Gasteiger partial charge on any atom is 0.306 e. The van der Waals surface area contributed by atoms with Gasteiger partial charge in [0.25, 0.3) is 0 Å². The summed E-state index contributed by atoms with van der Waals surface area (Å²) < 4.78 is 16.9. The molecule has 1 atom stereocenters. The molecule has 0 aliphatic heterocycles. The van der Waals surface area contributed by atoms with Crippen molar-refractivity contribution < 1.29 is 28.6 Å². The van der Waals surface area contributed by atoms with E-state index in [0.717, 1.165) is 57.8 Å². The van der Waals surface area contributed by atoms with Gasteiger partial charge in [-0.05, 0) is 70.6 Å². The predicted molar refractivity (Wildman–Crippen MR) is 279 cm³/mol. The third-order valence-corrected chi connectivity index (χ3v) is 12.9. The molecule has 0 saturated heterocycles. The number of rotatable bonds is 53. The monoisotopic (exact) mass is 915 g/mol. The van der Waals surface area contributed by atoms with Gasteiger partial charge >= 0.3 is 17.9 Å². The van der Waals surface area contributed by atoms with Crippen LogP contribution in [0.4, 0.5) is 0 Å². The molecular formula is C59H110O6. The predicted octanol–water partition coefficient (Wildman–Crippen LogP) is 19.1. The van der Waals surface area contributed by atoms with Crippen molar-refractivity contribution in [3.05, 3.63) is 24.3 Å². The van der Waals surface area contributed by atoms with Crippen LogP contribution in [0.5, 0.6) is 0 Å². The maximum atomic E-state index is 12.8. The van der Waals surface area contributed by atoms with E-state index in [1.807, 2.05) is 0 Å². The number of ether oxygens (including phenoxy) is 3. The van der Waals surface area contributed by atoms with Crippen molar-refractivity contribution in [3.63, 3.8) is 0 Å². The van der Waals surface area contributed by atoms with E-state index in [2.05, 4.69) is 45.1 Å². The lowest BCUT2D eigenvalue weighted by molar-refractivity contribution is -0.167. The van der Waals surface area contributed by atoms with Crippen LogP contribution in [0.15, 0.2) is 24.3 Å². The van der Waals surface area contributed by atoms with Crippen molar-refractivity contribution >= 4 is 17.9 Å². The molecule has 6 heteroatoms. The number of carbonyl (C=O) groups is 3. The Balaban J connectivity index is 4.32. The molecule has 0 radical (unpaired) electrons. The van der Waals surface area contributed by atoms with E-state index in [1.165, 1.54) is 218 Å². The average Bonchev–Trinajstić information content (AvgIpc) is 3.30. The topological polar surface area (TPSA) is 78.9 Å². The standard InChI is InChI=1S/C59H110O6/c1-4-7-10-13-16-19-22-25-27-28-29-30-32-34-37-40-43-46-49-52-58(61)64-55-56(54-63-57(60)51-48-45-42-39-36-33-24-21-18-15-12-9-6-3)65-59(62)53-50-47-44-41-38-35-31-26-23-20-17-14-11-8-5-2/h20,23,28-29,56H,4-19,21-22,24-27,30-55H2,1-3H3/b23-20-,29-28-. The smallest absolute Gasteiger partial charge is 0.306 e. The maximum absolute atomic E-state index is 12.8. The number of unbranched alkanes of at least 4 members (excludes halogenated alkanes) is 38. The first-order chi connectivity index (χ1) is 32.0. The first kappa shape index (κ1) is 62.9. The van der Waals surface area contributed by atoms with Crippen LogP contribution in [-0.4, -0.2) is 37.2 Å². The van der Waals surface area contributed by atoms with E-state index < -0.39 is 6.10 Å². The van der Waals surface area contributed by atoms with Crippen LogP contribution >= 0.6 is 0 Å². The molecule has 0 spiro atoms. The van der Waals surface area contributed by atoms with Gasteiger partial charge in [-0.15, -0.1) is 0 Å². The van der Waals surface area contributed by atoms with Gasteiger partial charge in [0.2, 0.25) is 0 Å². The normalized spacial score (nSPS) is 12.1.